The Bertz CT molecular complexity index is 994. The van der Waals surface area contributed by atoms with Crippen molar-refractivity contribution in [3.8, 4) is 5.75 Å². The van der Waals surface area contributed by atoms with Crippen molar-refractivity contribution in [1.82, 2.24) is 15.3 Å². The quantitative estimate of drug-likeness (QED) is 0.609. The highest BCUT2D eigenvalue weighted by Crippen LogP contribution is 2.23. The number of hydrogen-bond donors (Lipinski definition) is 2. The van der Waals surface area contributed by atoms with Gasteiger partial charge in [0, 0.05) is 31.5 Å². The zero-order valence-corrected chi connectivity index (χ0v) is 17.6. The maximum absolute atomic E-state index is 12.7. The van der Waals surface area contributed by atoms with Crippen molar-refractivity contribution in [3.63, 3.8) is 0 Å². The average molecular weight is 418 g/mol. The fraction of sp³-hybridized carbons (Fsp3) is 0.292. The number of piperidine rings is 1. The first-order valence-corrected chi connectivity index (χ1v) is 10.5. The molecule has 4 rings (SSSR count). The van der Waals surface area contributed by atoms with E-state index in [9.17, 15) is 4.79 Å². The Balaban J connectivity index is 1.37. The molecule has 31 heavy (non-hydrogen) atoms. The number of rotatable bonds is 7. The van der Waals surface area contributed by atoms with E-state index in [2.05, 4.69) is 25.5 Å². The molecule has 1 saturated heterocycles. The lowest BCUT2D eigenvalue weighted by atomic mass is 9.97. The van der Waals surface area contributed by atoms with E-state index in [0.717, 1.165) is 36.4 Å². The second kappa shape index (κ2) is 9.93. The zero-order valence-electron chi connectivity index (χ0n) is 17.6. The van der Waals surface area contributed by atoms with Crippen molar-refractivity contribution in [2.45, 2.75) is 19.4 Å². The molecule has 0 aliphatic carbocycles. The number of carbonyl (C=O) groups excluding carboxylic acids is 1. The molecule has 2 aromatic carbocycles. The van der Waals surface area contributed by atoms with Gasteiger partial charge in [-0.3, -0.25) is 4.79 Å². The Morgan fingerprint density at radius 3 is 2.71 bits per heavy atom. The molecule has 0 saturated carbocycles. The molecular weight excluding hydrogens is 390 g/mol. The molecule has 1 atom stereocenters. The molecular formula is C24H27N5O2. The number of methoxy groups -OCH3 is 1. The van der Waals surface area contributed by atoms with E-state index >= 15 is 0 Å². The third kappa shape index (κ3) is 5.51. The van der Waals surface area contributed by atoms with Crippen LogP contribution in [0.1, 0.15) is 18.4 Å². The third-order valence-corrected chi connectivity index (χ3v) is 5.39. The summed E-state index contributed by atoms with van der Waals surface area (Å²) < 4.78 is 5.20. The van der Waals surface area contributed by atoms with Gasteiger partial charge in [-0.05, 0) is 48.7 Å². The second-order valence-electron chi connectivity index (χ2n) is 7.58. The predicted octanol–water partition coefficient (Wildman–Crippen LogP) is 3.76. The summed E-state index contributed by atoms with van der Waals surface area (Å²) in [4.78, 5) is 23.9. The van der Waals surface area contributed by atoms with Crippen molar-refractivity contribution in [2.75, 3.05) is 30.4 Å². The minimum absolute atomic E-state index is 0.0701. The summed E-state index contributed by atoms with van der Waals surface area (Å²) >= 11 is 0. The Morgan fingerprint density at radius 1 is 1.13 bits per heavy atom. The van der Waals surface area contributed by atoms with Crippen molar-refractivity contribution in [1.29, 1.82) is 0 Å². The van der Waals surface area contributed by atoms with Gasteiger partial charge in [-0.2, -0.15) is 4.98 Å². The molecule has 1 aromatic heterocycles. The predicted molar refractivity (Wildman–Crippen MR) is 122 cm³/mol. The smallest absolute Gasteiger partial charge is 0.227 e. The lowest BCUT2D eigenvalue weighted by Gasteiger charge is -2.32. The second-order valence-corrected chi connectivity index (χ2v) is 7.58. The van der Waals surface area contributed by atoms with Crippen LogP contribution in [0.3, 0.4) is 0 Å². The molecule has 1 amide bonds. The number of carbonyl (C=O) groups is 1. The van der Waals surface area contributed by atoms with E-state index in [4.69, 9.17) is 4.74 Å². The molecule has 1 aliphatic rings. The highest BCUT2D eigenvalue weighted by atomic mass is 16.5. The summed E-state index contributed by atoms with van der Waals surface area (Å²) in [5.74, 6) is 2.17. The number of nitrogens with one attached hydrogen (secondary N) is 2. The Labute approximate surface area is 182 Å². The number of amides is 1. The van der Waals surface area contributed by atoms with Gasteiger partial charge in [-0.25, -0.2) is 4.98 Å². The average Bonchev–Trinajstić information content (AvgIpc) is 2.84. The number of benzene rings is 2. The van der Waals surface area contributed by atoms with Crippen molar-refractivity contribution in [3.05, 3.63) is 72.4 Å². The molecule has 2 N–H and O–H groups in total. The standard InChI is InChI=1S/C24H27N5O2/c1-31-21-11-9-20(10-12-21)27-22-13-14-25-24(28-22)29-15-5-8-19(17-29)23(30)26-16-18-6-3-2-4-7-18/h2-4,6-7,9-14,19H,5,8,15-17H2,1H3,(H,26,30)(H,25,27,28). The number of aromatic nitrogens is 2. The fourth-order valence-electron chi connectivity index (χ4n) is 3.69. The van der Waals surface area contributed by atoms with Crippen LogP contribution in [-0.2, 0) is 11.3 Å². The van der Waals surface area contributed by atoms with E-state index in [1.54, 1.807) is 13.3 Å². The SMILES string of the molecule is COc1ccc(Nc2ccnc(N3CCCC(C(=O)NCc4ccccc4)C3)n2)cc1. The van der Waals surface area contributed by atoms with Crippen molar-refractivity contribution < 1.29 is 9.53 Å². The minimum Gasteiger partial charge on any atom is -0.497 e. The summed E-state index contributed by atoms with van der Waals surface area (Å²) in [6.07, 6.45) is 3.55. The van der Waals surface area contributed by atoms with Crippen LogP contribution in [0, 0.1) is 5.92 Å². The Morgan fingerprint density at radius 2 is 1.94 bits per heavy atom. The number of anilines is 3. The monoisotopic (exact) mass is 417 g/mol. The molecule has 1 fully saturated rings. The van der Waals surface area contributed by atoms with Crippen molar-refractivity contribution >= 4 is 23.4 Å². The van der Waals surface area contributed by atoms with Gasteiger partial charge in [-0.15, -0.1) is 0 Å². The lowest BCUT2D eigenvalue weighted by molar-refractivity contribution is -0.125. The minimum atomic E-state index is -0.0701. The topological polar surface area (TPSA) is 79.4 Å². The third-order valence-electron chi connectivity index (χ3n) is 5.39. The van der Waals surface area contributed by atoms with Crippen LogP contribution in [0.15, 0.2) is 66.9 Å². The summed E-state index contributed by atoms with van der Waals surface area (Å²) in [7, 11) is 1.65. The van der Waals surface area contributed by atoms with E-state index in [1.807, 2.05) is 60.7 Å². The van der Waals surface area contributed by atoms with Gasteiger partial charge in [0.1, 0.15) is 11.6 Å². The van der Waals surface area contributed by atoms with Gasteiger partial charge in [0.15, 0.2) is 0 Å². The van der Waals surface area contributed by atoms with Crippen LogP contribution in [0.25, 0.3) is 0 Å². The summed E-state index contributed by atoms with van der Waals surface area (Å²) in [6, 6.07) is 19.5. The Kier molecular flexibility index (Phi) is 6.62. The van der Waals surface area contributed by atoms with Gasteiger partial charge in [-0.1, -0.05) is 30.3 Å². The van der Waals surface area contributed by atoms with Crippen LogP contribution < -0.4 is 20.3 Å². The molecule has 0 bridgehead atoms. The highest BCUT2D eigenvalue weighted by Gasteiger charge is 2.27. The van der Waals surface area contributed by atoms with E-state index in [-0.39, 0.29) is 11.8 Å². The van der Waals surface area contributed by atoms with Gasteiger partial charge in [0.2, 0.25) is 11.9 Å². The number of hydrogen-bond acceptors (Lipinski definition) is 6. The first-order valence-electron chi connectivity index (χ1n) is 10.5. The molecule has 0 radical (unpaired) electrons. The van der Waals surface area contributed by atoms with Gasteiger partial charge in [0.05, 0.1) is 13.0 Å². The molecule has 7 nitrogen and oxygen atoms in total. The van der Waals surface area contributed by atoms with Crippen molar-refractivity contribution in [2.24, 2.45) is 5.92 Å². The van der Waals surface area contributed by atoms with Crippen LogP contribution >= 0.6 is 0 Å². The summed E-state index contributed by atoms with van der Waals surface area (Å²) in [6.45, 7) is 2.01. The van der Waals surface area contributed by atoms with Gasteiger partial charge >= 0.3 is 0 Å². The first kappa shape index (κ1) is 20.7. The van der Waals surface area contributed by atoms with Gasteiger partial charge in [0.25, 0.3) is 0 Å². The van der Waals surface area contributed by atoms with Crippen LogP contribution in [-0.4, -0.2) is 36.1 Å². The molecule has 7 heteroatoms. The summed E-state index contributed by atoms with van der Waals surface area (Å²) in [5, 5.41) is 6.36. The molecule has 1 unspecified atom stereocenters. The largest absolute Gasteiger partial charge is 0.497 e. The number of ether oxygens (including phenoxy) is 1. The lowest BCUT2D eigenvalue weighted by Crippen LogP contribution is -2.43. The van der Waals surface area contributed by atoms with E-state index in [1.165, 1.54) is 0 Å². The van der Waals surface area contributed by atoms with Crippen LogP contribution in [0.4, 0.5) is 17.5 Å². The fourth-order valence-corrected chi connectivity index (χ4v) is 3.69. The normalized spacial score (nSPS) is 15.9. The first-order chi connectivity index (χ1) is 15.2. The van der Waals surface area contributed by atoms with Crippen LogP contribution in [0.5, 0.6) is 5.75 Å². The summed E-state index contributed by atoms with van der Waals surface area (Å²) in [5.41, 5.74) is 2.02. The Hall–Kier alpha value is -3.61. The van der Waals surface area contributed by atoms with Crippen LogP contribution in [0.2, 0.25) is 0 Å². The van der Waals surface area contributed by atoms with E-state index in [0.29, 0.717) is 24.9 Å². The molecule has 0 spiro atoms. The highest BCUT2D eigenvalue weighted by molar-refractivity contribution is 5.79. The van der Waals surface area contributed by atoms with Gasteiger partial charge < -0.3 is 20.3 Å². The molecule has 160 valence electrons. The van der Waals surface area contributed by atoms with E-state index < -0.39 is 0 Å². The zero-order chi connectivity index (χ0) is 21.5. The maximum Gasteiger partial charge on any atom is 0.227 e. The number of nitrogens with zero attached hydrogens (tertiary/aromatic N) is 3. The maximum atomic E-state index is 12.7. The molecule has 2 heterocycles. The molecule has 1 aliphatic heterocycles. The molecule has 3 aromatic rings.